The quantitative estimate of drug-likeness (QED) is 0.934. The summed E-state index contributed by atoms with van der Waals surface area (Å²) in [6.07, 6.45) is 3.63. The molecule has 0 aliphatic heterocycles. The first kappa shape index (κ1) is 14.6. The number of nitrogens with zero attached hydrogens (tertiary/aromatic N) is 4. The molecule has 2 rings (SSSR count). The molecule has 2 heterocycles. The molecule has 20 heavy (non-hydrogen) atoms. The summed E-state index contributed by atoms with van der Waals surface area (Å²) in [7, 11) is 0. The zero-order valence-electron chi connectivity index (χ0n) is 12.1. The van der Waals surface area contributed by atoms with Gasteiger partial charge in [0.2, 0.25) is 0 Å². The zero-order chi connectivity index (χ0) is 14.8. The molecule has 2 aromatic heterocycles. The van der Waals surface area contributed by atoms with Gasteiger partial charge in [-0.15, -0.1) is 5.10 Å². The molecule has 0 radical (unpaired) electrons. The summed E-state index contributed by atoms with van der Waals surface area (Å²) < 4.78 is 5.63. The van der Waals surface area contributed by atoms with Crippen LogP contribution in [0.25, 0.3) is 0 Å². The van der Waals surface area contributed by atoms with E-state index in [2.05, 4.69) is 40.8 Å². The van der Waals surface area contributed by atoms with E-state index in [4.69, 9.17) is 0 Å². The summed E-state index contributed by atoms with van der Waals surface area (Å²) in [5, 5.41) is 11.1. The molecule has 0 spiro atoms. The molecular weight excluding hydrogens is 274 g/mol. The second kappa shape index (κ2) is 5.70. The van der Waals surface area contributed by atoms with Gasteiger partial charge in [-0.3, -0.25) is 9.48 Å². The maximum absolute atomic E-state index is 12.3. The lowest BCUT2D eigenvalue weighted by Gasteiger charge is -2.31. The van der Waals surface area contributed by atoms with Gasteiger partial charge in [0.1, 0.15) is 4.88 Å². The van der Waals surface area contributed by atoms with E-state index in [1.54, 1.807) is 13.1 Å². The van der Waals surface area contributed by atoms with Crippen LogP contribution in [0, 0.1) is 12.3 Å². The van der Waals surface area contributed by atoms with Crippen molar-refractivity contribution in [2.45, 2.75) is 40.3 Å². The van der Waals surface area contributed by atoms with Crippen molar-refractivity contribution in [3.8, 4) is 0 Å². The van der Waals surface area contributed by atoms with Crippen molar-refractivity contribution in [1.29, 1.82) is 0 Å². The van der Waals surface area contributed by atoms with E-state index in [1.807, 2.05) is 16.9 Å². The number of hydrogen-bond acceptors (Lipinski definition) is 5. The Balaban J connectivity index is 2.12. The van der Waals surface area contributed by atoms with E-state index in [0.29, 0.717) is 17.1 Å². The third-order valence-electron chi connectivity index (χ3n) is 3.14. The Morgan fingerprint density at radius 1 is 1.50 bits per heavy atom. The molecule has 6 nitrogen and oxygen atoms in total. The number of aromatic nitrogens is 4. The Hall–Kier alpha value is -1.76. The Bertz CT molecular complexity index is 570. The Kier molecular flexibility index (Phi) is 4.17. The van der Waals surface area contributed by atoms with E-state index < -0.39 is 0 Å². The molecule has 0 saturated heterocycles. The smallest absolute Gasteiger partial charge is 0.265 e. The fraction of sp³-hybridized carbons (Fsp3) is 0.538. The minimum atomic E-state index is -0.121. The van der Waals surface area contributed by atoms with Gasteiger partial charge >= 0.3 is 0 Å². The van der Waals surface area contributed by atoms with Gasteiger partial charge in [-0.05, 0) is 29.9 Å². The summed E-state index contributed by atoms with van der Waals surface area (Å²) in [5.74, 6) is -0.121. The average molecular weight is 293 g/mol. The van der Waals surface area contributed by atoms with Crippen LogP contribution < -0.4 is 5.32 Å². The lowest BCUT2D eigenvalue weighted by atomic mass is 9.86. The number of aryl methyl sites for hydroxylation is 1. The number of carbonyl (C=O) groups is 1. The summed E-state index contributed by atoms with van der Waals surface area (Å²) in [6.45, 7) is 8.71. The summed E-state index contributed by atoms with van der Waals surface area (Å²) in [4.78, 5) is 12.9. The lowest BCUT2D eigenvalue weighted by molar-refractivity contribution is 0.0894. The molecular formula is C13H19N5OS. The first-order valence-corrected chi connectivity index (χ1v) is 7.22. The molecule has 0 bridgehead atoms. The van der Waals surface area contributed by atoms with Crippen LogP contribution in [-0.4, -0.2) is 31.3 Å². The molecule has 0 saturated carbocycles. The Morgan fingerprint density at radius 3 is 2.75 bits per heavy atom. The summed E-state index contributed by atoms with van der Waals surface area (Å²) in [6, 6.07) is 1.84. The van der Waals surface area contributed by atoms with Crippen LogP contribution in [-0.2, 0) is 6.54 Å². The molecule has 1 amide bonds. The number of rotatable bonds is 4. The molecule has 0 aliphatic rings. The van der Waals surface area contributed by atoms with Gasteiger partial charge in [-0.1, -0.05) is 25.3 Å². The maximum atomic E-state index is 12.3. The third-order valence-corrected chi connectivity index (χ3v) is 3.96. The molecule has 1 N–H and O–H groups in total. The van der Waals surface area contributed by atoms with E-state index in [0.717, 1.165) is 11.5 Å². The fourth-order valence-electron chi connectivity index (χ4n) is 1.80. The van der Waals surface area contributed by atoms with Crippen LogP contribution in [0.3, 0.4) is 0 Å². The monoisotopic (exact) mass is 293 g/mol. The highest BCUT2D eigenvalue weighted by molar-refractivity contribution is 7.08. The van der Waals surface area contributed by atoms with Crippen LogP contribution in [0.1, 0.15) is 36.1 Å². The highest BCUT2D eigenvalue weighted by Gasteiger charge is 2.28. The van der Waals surface area contributed by atoms with Crippen LogP contribution in [0.2, 0.25) is 0 Å². The van der Waals surface area contributed by atoms with Gasteiger partial charge in [0.05, 0.1) is 18.3 Å². The van der Waals surface area contributed by atoms with Crippen molar-refractivity contribution in [3.63, 3.8) is 0 Å². The van der Waals surface area contributed by atoms with E-state index >= 15 is 0 Å². The minimum Gasteiger partial charge on any atom is -0.346 e. The van der Waals surface area contributed by atoms with Crippen LogP contribution >= 0.6 is 11.5 Å². The molecule has 7 heteroatoms. The lowest BCUT2D eigenvalue weighted by Crippen LogP contribution is -2.46. The van der Waals surface area contributed by atoms with Gasteiger partial charge in [0, 0.05) is 12.4 Å². The van der Waals surface area contributed by atoms with Crippen molar-refractivity contribution < 1.29 is 4.79 Å². The van der Waals surface area contributed by atoms with Gasteiger partial charge in [0.25, 0.3) is 5.91 Å². The van der Waals surface area contributed by atoms with Gasteiger partial charge in [0.15, 0.2) is 0 Å². The van der Waals surface area contributed by atoms with Gasteiger partial charge < -0.3 is 5.32 Å². The highest BCUT2D eigenvalue weighted by Crippen LogP contribution is 2.21. The van der Waals surface area contributed by atoms with Crippen molar-refractivity contribution in [3.05, 3.63) is 29.0 Å². The second-order valence-corrected chi connectivity index (χ2v) is 6.56. The van der Waals surface area contributed by atoms with Crippen molar-refractivity contribution in [2.75, 3.05) is 0 Å². The predicted octanol–water partition coefficient (Wildman–Crippen LogP) is 1.89. The van der Waals surface area contributed by atoms with Crippen LogP contribution in [0.4, 0.5) is 0 Å². The first-order valence-electron chi connectivity index (χ1n) is 6.45. The third kappa shape index (κ3) is 3.41. The summed E-state index contributed by atoms with van der Waals surface area (Å²) in [5.41, 5.74) is 0.590. The van der Waals surface area contributed by atoms with Crippen LogP contribution in [0.15, 0.2) is 18.5 Å². The molecule has 108 valence electrons. The molecule has 0 aliphatic carbocycles. The molecule has 2 aromatic rings. The zero-order valence-corrected chi connectivity index (χ0v) is 12.9. The molecule has 0 fully saturated rings. The normalized spacial score (nSPS) is 13.2. The molecule has 0 aromatic carbocycles. The van der Waals surface area contributed by atoms with Crippen molar-refractivity contribution >= 4 is 17.4 Å². The SMILES string of the molecule is Cc1nnsc1C(=O)N[C@@H](Cn1cccn1)C(C)(C)C. The van der Waals surface area contributed by atoms with Gasteiger partial charge in [-0.25, -0.2) is 0 Å². The predicted molar refractivity (Wildman–Crippen MR) is 77.6 cm³/mol. The Labute approximate surface area is 122 Å². The average Bonchev–Trinajstić information content (AvgIpc) is 2.98. The number of carbonyl (C=O) groups excluding carboxylic acids is 1. The number of hydrogen-bond donors (Lipinski definition) is 1. The highest BCUT2D eigenvalue weighted by atomic mass is 32.1. The largest absolute Gasteiger partial charge is 0.346 e. The number of amides is 1. The van der Waals surface area contributed by atoms with E-state index in [1.165, 1.54) is 0 Å². The molecule has 1 atom stereocenters. The molecule has 0 unspecified atom stereocenters. The number of nitrogens with one attached hydrogen (secondary N) is 1. The van der Waals surface area contributed by atoms with E-state index in [-0.39, 0.29) is 17.4 Å². The second-order valence-electron chi connectivity index (χ2n) is 5.81. The van der Waals surface area contributed by atoms with Crippen molar-refractivity contribution in [1.82, 2.24) is 24.7 Å². The minimum absolute atomic E-state index is 0.0311. The van der Waals surface area contributed by atoms with E-state index in [9.17, 15) is 4.79 Å². The Morgan fingerprint density at radius 2 is 2.25 bits per heavy atom. The fourth-order valence-corrected chi connectivity index (χ4v) is 2.35. The van der Waals surface area contributed by atoms with Gasteiger partial charge in [-0.2, -0.15) is 5.10 Å². The van der Waals surface area contributed by atoms with Crippen LogP contribution in [0.5, 0.6) is 0 Å². The standard InChI is InChI=1S/C13H19N5OS/c1-9-11(20-17-16-9)12(19)15-10(13(2,3)4)8-18-7-5-6-14-18/h5-7,10H,8H2,1-4H3,(H,15,19)/t10-/m0/s1. The first-order chi connectivity index (χ1) is 9.38. The maximum Gasteiger partial charge on any atom is 0.265 e. The summed E-state index contributed by atoms with van der Waals surface area (Å²) >= 11 is 1.12. The topological polar surface area (TPSA) is 72.7 Å². The van der Waals surface area contributed by atoms with Crippen molar-refractivity contribution in [2.24, 2.45) is 5.41 Å².